The quantitative estimate of drug-likeness (QED) is 0.713. The van der Waals surface area contributed by atoms with E-state index >= 15 is 0 Å². The van der Waals surface area contributed by atoms with Gasteiger partial charge >= 0.3 is 5.97 Å². The zero-order valence-corrected chi connectivity index (χ0v) is 16.7. The van der Waals surface area contributed by atoms with Crippen LogP contribution in [0.25, 0.3) is 0 Å². The number of hydrogen-bond acceptors (Lipinski definition) is 6. The van der Waals surface area contributed by atoms with Crippen molar-refractivity contribution in [1.29, 1.82) is 0 Å². The number of sulfonamides is 1. The second kappa shape index (κ2) is 8.11. The standard InChI is InChI=1S/C18H19N3O5S2/c1-28(25,26)20-13-5-2-4-12(10-13)14-11-15(16-6-3-9-27-16)21(19-14)17(22)7-8-18(23)24/h2-6,9-10,15,20H,7-8,11H2,1H3,(H,23,24). The number of amides is 1. The SMILES string of the molecule is CS(=O)(=O)Nc1cccc(C2=NN(C(=O)CCC(=O)O)C(c3cccs3)C2)c1. The molecule has 1 unspecified atom stereocenters. The Morgan fingerprint density at radius 1 is 1.29 bits per heavy atom. The van der Waals surface area contributed by atoms with Gasteiger partial charge in [0, 0.05) is 23.4 Å². The molecule has 1 amide bonds. The predicted molar refractivity (Wildman–Crippen MR) is 107 cm³/mol. The molecule has 0 saturated carbocycles. The molecule has 10 heteroatoms. The third-order valence-electron chi connectivity index (χ3n) is 4.09. The number of nitrogens with one attached hydrogen (secondary N) is 1. The molecule has 0 saturated heterocycles. The monoisotopic (exact) mass is 421 g/mol. The van der Waals surface area contributed by atoms with E-state index in [4.69, 9.17) is 5.11 Å². The molecule has 3 rings (SSSR count). The van der Waals surface area contributed by atoms with Crippen molar-refractivity contribution in [3.8, 4) is 0 Å². The van der Waals surface area contributed by atoms with E-state index in [1.54, 1.807) is 24.3 Å². The summed E-state index contributed by atoms with van der Waals surface area (Å²) in [6, 6.07) is 10.3. The Hall–Kier alpha value is -2.72. The normalized spacial score (nSPS) is 16.7. The molecule has 1 atom stereocenters. The zero-order valence-electron chi connectivity index (χ0n) is 15.0. The topological polar surface area (TPSA) is 116 Å². The molecule has 1 aliphatic rings. The first-order valence-corrected chi connectivity index (χ1v) is 11.2. The minimum Gasteiger partial charge on any atom is -0.481 e. The molecular weight excluding hydrogens is 402 g/mol. The Balaban J connectivity index is 1.89. The Kier molecular flexibility index (Phi) is 5.80. The van der Waals surface area contributed by atoms with Crippen LogP contribution in [-0.2, 0) is 19.6 Å². The van der Waals surface area contributed by atoms with E-state index in [9.17, 15) is 18.0 Å². The molecule has 0 fully saturated rings. The van der Waals surface area contributed by atoms with Gasteiger partial charge in [-0.25, -0.2) is 13.4 Å². The lowest BCUT2D eigenvalue weighted by Gasteiger charge is -2.20. The number of carbonyl (C=O) groups is 2. The first-order valence-electron chi connectivity index (χ1n) is 8.46. The summed E-state index contributed by atoms with van der Waals surface area (Å²) in [6.45, 7) is 0. The van der Waals surface area contributed by atoms with Gasteiger partial charge in [0.15, 0.2) is 0 Å². The van der Waals surface area contributed by atoms with Crippen LogP contribution < -0.4 is 4.72 Å². The number of carboxylic acid groups (broad SMARTS) is 1. The van der Waals surface area contributed by atoms with Gasteiger partial charge in [-0.2, -0.15) is 5.10 Å². The molecule has 0 radical (unpaired) electrons. The van der Waals surface area contributed by atoms with Crippen LogP contribution in [0.15, 0.2) is 46.9 Å². The molecule has 2 aromatic rings. The summed E-state index contributed by atoms with van der Waals surface area (Å²) in [5.41, 5.74) is 1.74. The number of aliphatic carboxylic acids is 1. The van der Waals surface area contributed by atoms with Crippen molar-refractivity contribution in [2.24, 2.45) is 5.10 Å². The average Bonchev–Trinajstić information content (AvgIpc) is 3.27. The van der Waals surface area contributed by atoms with Crippen LogP contribution in [0.4, 0.5) is 5.69 Å². The minimum atomic E-state index is -3.41. The fourth-order valence-corrected chi connectivity index (χ4v) is 4.29. The number of hydrogen-bond donors (Lipinski definition) is 2. The van der Waals surface area contributed by atoms with Crippen LogP contribution >= 0.6 is 11.3 Å². The molecule has 2 N–H and O–H groups in total. The number of hydrazone groups is 1. The number of carboxylic acids is 1. The second-order valence-electron chi connectivity index (χ2n) is 6.37. The number of anilines is 1. The second-order valence-corrected chi connectivity index (χ2v) is 9.10. The number of thiophene rings is 1. The van der Waals surface area contributed by atoms with Gasteiger partial charge in [-0.3, -0.25) is 14.3 Å². The van der Waals surface area contributed by atoms with Gasteiger partial charge in [0.25, 0.3) is 0 Å². The van der Waals surface area contributed by atoms with Crippen LogP contribution in [0.3, 0.4) is 0 Å². The van der Waals surface area contributed by atoms with Crippen LogP contribution in [0.1, 0.15) is 35.7 Å². The Morgan fingerprint density at radius 2 is 2.07 bits per heavy atom. The van der Waals surface area contributed by atoms with E-state index < -0.39 is 16.0 Å². The van der Waals surface area contributed by atoms with Crippen molar-refractivity contribution in [3.05, 3.63) is 52.2 Å². The van der Waals surface area contributed by atoms with Crippen molar-refractivity contribution < 1.29 is 23.1 Å². The van der Waals surface area contributed by atoms with Crippen LogP contribution in [0, 0.1) is 0 Å². The summed E-state index contributed by atoms with van der Waals surface area (Å²) >= 11 is 1.50. The summed E-state index contributed by atoms with van der Waals surface area (Å²) in [5.74, 6) is -1.40. The van der Waals surface area contributed by atoms with Crippen molar-refractivity contribution in [1.82, 2.24) is 5.01 Å². The van der Waals surface area contributed by atoms with Gasteiger partial charge in [-0.15, -0.1) is 11.3 Å². The molecule has 0 aliphatic carbocycles. The van der Waals surface area contributed by atoms with Crippen molar-refractivity contribution >= 4 is 44.6 Å². The summed E-state index contributed by atoms with van der Waals surface area (Å²) in [4.78, 5) is 24.3. The van der Waals surface area contributed by atoms with E-state index in [0.717, 1.165) is 11.1 Å². The fraction of sp³-hybridized carbons (Fsp3) is 0.278. The highest BCUT2D eigenvalue weighted by Gasteiger charge is 2.33. The third-order valence-corrected chi connectivity index (χ3v) is 5.67. The zero-order chi connectivity index (χ0) is 20.3. The number of rotatable bonds is 7. The fourth-order valence-electron chi connectivity index (χ4n) is 2.92. The molecule has 2 heterocycles. The van der Waals surface area contributed by atoms with Crippen LogP contribution in [0.2, 0.25) is 0 Å². The third kappa shape index (κ3) is 4.96. The molecule has 1 aliphatic heterocycles. The van der Waals surface area contributed by atoms with Gasteiger partial charge in [-0.1, -0.05) is 18.2 Å². The lowest BCUT2D eigenvalue weighted by Crippen LogP contribution is -2.26. The highest BCUT2D eigenvalue weighted by Crippen LogP contribution is 2.36. The maximum atomic E-state index is 12.6. The summed E-state index contributed by atoms with van der Waals surface area (Å²) < 4.78 is 25.4. The van der Waals surface area contributed by atoms with Gasteiger partial charge in [0.05, 0.1) is 24.4 Å². The Morgan fingerprint density at radius 3 is 2.71 bits per heavy atom. The summed E-state index contributed by atoms with van der Waals surface area (Å²) in [7, 11) is -3.41. The molecule has 1 aromatic carbocycles. The van der Waals surface area contributed by atoms with E-state index in [0.29, 0.717) is 23.4 Å². The summed E-state index contributed by atoms with van der Waals surface area (Å²) in [5, 5.41) is 16.6. The van der Waals surface area contributed by atoms with E-state index in [-0.39, 0.29) is 24.8 Å². The smallest absolute Gasteiger partial charge is 0.303 e. The number of nitrogens with zero attached hydrogens (tertiary/aromatic N) is 2. The van der Waals surface area contributed by atoms with Gasteiger partial charge in [-0.05, 0) is 29.1 Å². The van der Waals surface area contributed by atoms with Gasteiger partial charge in [0.1, 0.15) is 0 Å². The molecule has 148 valence electrons. The Bertz CT molecular complexity index is 1020. The van der Waals surface area contributed by atoms with Gasteiger partial charge in [0.2, 0.25) is 15.9 Å². The molecule has 28 heavy (non-hydrogen) atoms. The summed E-state index contributed by atoms with van der Waals surface area (Å²) in [6.07, 6.45) is 1.14. The Labute approximate surface area is 166 Å². The highest BCUT2D eigenvalue weighted by atomic mass is 32.2. The largest absolute Gasteiger partial charge is 0.481 e. The molecule has 1 aromatic heterocycles. The van der Waals surface area contributed by atoms with E-state index in [2.05, 4.69) is 9.82 Å². The van der Waals surface area contributed by atoms with Crippen molar-refractivity contribution in [2.75, 3.05) is 11.0 Å². The van der Waals surface area contributed by atoms with Gasteiger partial charge < -0.3 is 5.11 Å². The van der Waals surface area contributed by atoms with Crippen LogP contribution in [0.5, 0.6) is 0 Å². The van der Waals surface area contributed by atoms with E-state index in [1.807, 2.05) is 17.5 Å². The highest BCUT2D eigenvalue weighted by molar-refractivity contribution is 7.92. The maximum Gasteiger partial charge on any atom is 0.303 e. The van der Waals surface area contributed by atoms with E-state index in [1.165, 1.54) is 16.3 Å². The number of benzene rings is 1. The molecular formula is C18H19N3O5S2. The maximum absolute atomic E-state index is 12.6. The number of carbonyl (C=O) groups excluding carboxylic acids is 1. The van der Waals surface area contributed by atoms with Crippen LogP contribution in [-0.4, -0.2) is 42.4 Å². The first-order chi connectivity index (χ1) is 13.2. The first kappa shape index (κ1) is 20.0. The van der Waals surface area contributed by atoms with Crippen molar-refractivity contribution in [2.45, 2.75) is 25.3 Å². The molecule has 0 bridgehead atoms. The van der Waals surface area contributed by atoms with Crippen molar-refractivity contribution in [3.63, 3.8) is 0 Å². The minimum absolute atomic E-state index is 0.135. The average molecular weight is 422 g/mol. The molecule has 8 nitrogen and oxygen atoms in total. The molecule has 0 spiro atoms. The lowest BCUT2D eigenvalue weighted by molar-refractivity contribution is -0.141. The predicted octanol–water partition coefficient (Wildman–Crippen LogP) is 2.66. The lowest BCUT2D eigenvalue weighted by atomic mass is 10.0.